The van der Waals surface area contributed by atoms with Crippen LogP contribution in [0, 0.1) is 5.41 Å². The average molecular weight is 405 g/mol. The highest BCUT2D eigenvalue weighted by atomic mass is 35.5. The van der Waals surface area contributed by atoms with Crippen LogP contribution >= 0.6 is 23.4 Å². The summed E-state index contributed by atoms with van der Waals surface area (Å²) in [4.78, 5) is 15.5. The molecular formula is C21H25ClN2O2S. The lowest BCUT2D eigenvalue weighted by atomic mass is 9.74. The molecule has 2 aromatic rings. The second-order valence-corrected chi connectivity index (χ2v) is 8.36. The van der Waals surface area contributed by atoms with Crippen molar-refractivity contribution < 1.29 is 9.90 Å². The number of anilines is 1. The second-order valence-electron chi connectivity index (χ2n) is 7.08. The van der Waals surface area contributed by atoms with E-state index in [0.29, 0.717) is 13.1 Å². The molecule has 2 aromatic carbocycles. The molecule has 4 nitrogen and oxygen atoms in total. The normalized spacial score (nSPS) is 16.2. The molecule has 1 heterocycles. The van der Waals surface area contributed by atoms with Gasteiger partial charge in [0.2, 0.25) is 0 Å². The van der Waals surface area contributed by atoms with Crippen molar-refractivity contribution >= 4 is 35.1 Å². The fourth-order valence-electron chi connectivity index (χ4n) is 3.52. The highest BCUT2D eigenvalue weighted by molar-refractivity contribution is 7.98. The minimum absolute atomic E-state index is 0.0856. The molecule has 2 amide bonds. The molecule has 0 aromatic heterocycles. The summed E-state index contributed by atoms with van der Waals surface area (Å²) >= 11 is 7.95. The van der Waals surface area contributed by atoms with E-state index in [1.54, 1.807) is 11.8 Å². The third kappa shape index (κ3) is 4.98. The van der Waals surface area contributed by atoms with E-state index in [1.165, 1.54) is 0 Å². The molecule has 0 radical (unpaired) electrons. The van der Waals surface area contributed by atoms with Gasteiger partial charge < -0.3 is 15.3 Å². The number of piperidine rings is 1. The number of rotatable bonds is 5. The lowest BCUT2D eigenvalue weighted by Gasteiger charge is -2.41. The smallest absolute Gasteiger partial charge is 0.321 e. The molecule has 0 bridgehead atoms. The molecule has 3 rings (SSSR count). The van der Waals surface area contributed by atoms with E-state index in [4.69, 9.17) is 11.6 Å². The number of amides is 2. The number of carbonyl (C=O) groups is 1. The maximum Gasteiger partial charge on any atom is 0.321 e. The summed E-state index contributed by atoms with van der Waals surface area (Å²) < 4.78 is 0. The van der Waals surface area contributed by atoms with Crippen molar-refractivity contribution in [2.75, 3.05) is 31.3 Å². The summed E-state index contributed by atoms with van der Waals surface area (Å²) in [5.74, 6) is 0. The van der Waals surface area contributed by atoms with Gasteiger partial charge in [-0.1, -0.05) is 35.9 Å². The first-order valence-electron chi connectivity index (χ1n) is 9.09. The largest absolute Gasteiger partial charge is 0.396 e. The van der Waals surface area contributed by atoms with Crippen molar-refractivity contribution in [2.45, 2.75) is 24.2 Å². The van der Waals surface area contributed by atoms with Gasteiger partial charge >= 0.3 is 6.03 Å². The van der Waals surface area contributed by atoms with Crippen LogP contribution in [0.1, 0.15) is 18.4 Å². The fourth-order valence-corrected chi connectivity index (χ4v) is 4.19. The highest BCUT2D eigenvalue weighted by Crippen LogP contribution is 2.36. The molecule has 0 spiro atoms. The number of aliphatic hydroxyl groups is 1. The molecule has 0 saturated carbocycles. The van der Waals surface area contributed by atoms with Crippen LogP contribution in [0.5, 0.6) is 0 Å². The standard InChI is InChI=1S/C21H25ClN2O2S/c1-27-18-7-4-6-17(13-18)23-20(26)24-11-9-21(15-25,10-12-24)14-16-5-2-3-8-19(16)22/h2-8,13,25H,9-12,14-15H2,1H3,(H,23,26). The van der Waals surface area contributed by atoms with Crippen molar-refractivity contribution in [2.24, 2.45) is 5.41 Å². The Morgan fingerprint density at radius 1 is 1.22 bits per heavy atom. The third-order valence-corrected chi connectivity index (χ3v) is 6.39. The second kappa shape index (κ2) is 9.00. The first-order valence-corrected chi connectivity index (χ1v) is 10.7. The van der Waals surface area contributed by atoms with E-state index in [2.05, 4.69) is 5.32 Å². The molecule has 2 N–H and O–H groups in total. The van der Waals surface area contributed by atoms with Gasteiger partial charge in [-0.25, -0.2) is 4.79 Å². The first-order chi connectivity index (χ1) is 13.0. The summed E-state index contributed by atoms with van der Waals surface area (Å²) in [5, 5.41) is 13.8. The molecule has 1 fully saturated rings. The van der Waals surface area contributed by atoms with Gasteiger partial charge in [0.25, 0.3) is 0 Å². The maximum absolute atomic E-state index is 12.6. The van der Waals surface area contributed by atoms with Gasteiger partial charge in [0.05, 0.1) is 0 Å². The number of aliphatic hydroxyl groups excluding tert-OH is 1. The van der Waals surface area contributed by atoms with Crippen LogP contribution in [0.15, 0.2) is 53.4 Å². The van der Waals surface area contributed by atoms with Gasteiger partial charge in [-0.05, 0) is 55.3 Å². The Bertz CT molecular complexity index is 791. The van der Waals surface area contributed by atoms with Crippen molar-refractivity contribution in [1.29, 1.82) is 0 Å². The number of hydrogen-bond donors (Lipinski definition) is 2. The molecule has 1 aliphatic heterocycles. The zero-order valence-electron chi connectivity index (χ0n) is 15.5. The number of thioether (sulfide) groups is 1. The van der Waals surface area contributed by atoms with Gasteiger partial charge in [0.1, 0.15) is 0 Å². The summed E-state index contributed by atoms with van der Waals surface area (Å²) in [6.07, 6.45) is 4.26. The predicted octanol–water partition coefficient (Wildman–Crippen LogP) is 4.91. The number of likely N-dealkylation sites (tertiary alicyclic amines) is 1. The van der Waals surface area contributed by atoms with E-state index < -0.39 is 0 Å². The quantitative estimate of drug-likeness (QED) is 0.696. The average Bonchev–Trinajstić information content (AvgIpc) is 2.70. The SMILES string of the molecule is CSc1cccc(NC(=O)N2CCC(CO)(Cc3ccccc3Cl)CC2)c1. The molecule has 0 atom stereocenters. The zero-order chi connectivity index (χ0) is 19.3. The van der Waals surface area contributed by atoms with Crippen LogP contribution in [0.4, 0.5) is 10.5 Å². The first kappa shape index (κ1) is 20.1. The topological polar surface area (TPSA) is 52.6 Å². The monoisotopic (exact) mass is 404 g/mol. The number of urea groups is 1. The fraction of sp³-hybridized carbons (Fsp3) is 0.381. The van der Waals surface area contributed by atoms with Gasteiger partial charge in [0.15, 0.2) is 0 Å². The molecule has 144 valence electrons. The molecular weight excluding hydrogens is 380 g/mol. The van der Waals surface area contributed by atoms with E-state index in [0.717, 1.165) is 40.4 Å². The van der Waals surface area contributed by atoms with Crippen molar-refractivity contribution in [3.05, 3.63) is 59.1 Å². The van der Waals surface area contributed by atoms with Crippen molar-refractivity contribution in [3.63, 3.8) is 0 Å². The Morgan fingerprint density at radius 3 is 2.63 bits per heavy atom. The zero-order valence-corrected chi connectivity index (χ0v) is 17.0. The Balaban J connectivity index is 1.61. The number of nitrogens with zero attached hydrogens (tertiary/aromatic N) is 1. The number of carbonyl (C=O) groups excluding carboxylic acids is 1. The summed E-state index contributed by atoms with van der Waals surface area (Å²) in [6.45, 7) is 1.35. The van der Waals surface area contributed by atoms with Crippen LogP contribution in [0.3, 0.4) is 0 Å². The Hall–Kier alpha value is -1.69. The van der Waals surface area contributed by atoms with Crippen molar-refractivity contribution in [1.82, 2.24) is 4.90 Å². The number of halogens is 1. The van der Waals surface area contributed by atoms with Gasteiger partial charge in [-0.3, -0.25) is 0 Å². The summed E-state index contributed by atoms with van der Waals surface area (Å²) in [7, 11) is 0. The van der Waals surface area contributed by atoms with Gasteiger partial charge in [-0.2, -0.15) is 0 Å². The Kier molecular flexibility index (Phi) is 6.68. The molecule has 6 heteroatoms. The van der Waals surface area contributed by atoms with Crippen molar-refractivity contribution in [3.8, 4) is 0 Å². The van der Waals surface area contributed by atoms with Crippen LogP contribution in [0.25, 0.3) is 0 Å². The van der Waals surface area contributed by atoms with E-state index in [1.807, 2.05) is 59.7 Å². The highest BCUT2D eigenvalue weighted by Gasteiger charge is 2.36. The minimum Gasteiger partial charge on any atom is -0.396 e. The minimum atomic E-state index is -0.222. The molecule has 1 aliphatic rings. The lowest BCUT2D eigenvalue weighted by Crippen LogP contribution is -2.47. The molecule has 27 heavy (non-hydrogen) atoms. The van der Waals surface area contributed by atoms with Gasteiger partial charge in [0, 0.05) is 40.7 Å². The van der Waals surface area contributed by atoms with Crippen LogP contribution < -0.4 is 5.32 Å². The molecule has 1 saturated heterocycles. The summed E-state index contributed by atoms with van der Waals surface area (Å²) in [5.41, 5.74) is 1.64. The third-order valence-electron chi connectivity index (χ3n) is 5.29. The number of benzene rings is 2. The van der Waals surface area contributed by atoms with Crippen LogP contribution in [0.2, 0.25) is 5.02 Å². The summed E-state index contributed by atoms with van der Waals surface area (Å²) in [6, 6.07) is 15.5. The van der Waals surface area contributed by atoms with Crippen LogP contribution in [-0.4, -0.2) is 42.0 Å². The predicted molar refractivity (Wildman–Crippen MR) is 113 cm³/mol. The molecule has 0 unspecified atom stereocenters. The van der Waals surface area contributed by atoms with E-state index in [-0.39, 0.29) is 18.1 Å². The number of hydrogen-bond acceptors (Lipinski definition) is 3. The maximum atomic E-state index is 12.6. The van der Waals surface area contributed by atoms with Gasteiger partial charge in [-0.15, -0.1) is 11.8 Å². The Labute approximate surface area is 169 Å². The van der Waals surface area contributed by atoms with E-state index >= 15 is 0 Å². The molecule has 0 aliphatic carbocycles. The van der Waals surface area contributed by atoms with E-state index in [9.17, 15) is 9.90 Å². The van der Waals surface area contributed by atoms with Crippen LogP contribution in [-0.2, 0) is 6.42 Å². The number of nitrogens with one attached hydrogen (secondary N) is 1. The lowest BCUT2D eigenvalue weighted by molar-refractivity contribution is 0.0576. The Morgan fingerprint density at radius 2 is 1.96 bits per heavy atom.